The Labute approximate surface area is 215 Å². The van der Waals surface area contributed by atoms with Gasteiger partial charge in [0.05, 0.1) is 18.8 Å². The highest BCUT2D eigenvalue weighted by atomic mass is 32.1. The molecule has 1 saturated heterocycles. The number of nitrogens with one attached hydrogen (secondary N) is 3. The van der Waals surface area contributed by atoms with Gasteiger partial charge in [0.2, 0.25) is 0 Å². The van der Waals surface area contributed by atoms with Crippen molar-refractivity contribution < 1.29 is 4.79 Å². The molecule has 5 rings (SSSR count). The summed E-state index contributed by atoms with van der Waals surface area (Å²) in [6.07, 6.45) is 7.90. The molecule has 3 aromatic rings. The van der Waals surface area contributed by atoms with E-state index in [-0.39, 0.29) is 11.9 Å². The summed E-state index contributed by atoms with van der Waals surface area (Å²) in [5.74, 6) is 0.522. The van der Waals surface area contributed by atoms with Crippen molar-refractivity contribution in [3.8, 4) is 0 Å². The number of aromatic amines is 1. The molecule has 10 nitrogen and oxygen atoms in total. The fourth-order valence-corrected chi connectivity index (χ4v) is 5.28. The summed E-state index contributed by atoms with van der Waals surface area (Å²) in [4.78, 5) is 30.9. The van der Waals surface area contributed by atoms with Crippen LogP contribution in [0.15, 0.2) is 46.8 Å². The first kappa shape index (κ1) is 24.3. The van der Waals surface area contributed by atoms with Crippen molar-refractivity contribution in [2.24, 2.45) is 10.1 Å². The van der Waals surface area contributed by atoms with Crippen LogP contribution in [-0.4, -0.2) is 83.9 Å². The van der Waals surface area contributed by atoms with E-state index in [0.717, 1.165) is 67.2 Å². The second-order valence-corrected chi connectivity index (χ2v) is 10.2. The number of fused-ring (bicyclic) bond motifs is 1. The van der Waals surface area contributed by atoms with Crippen molar-refractivity contribution in [3.63, 3.8) is 0 Å². The summed E-state index contributed by atoms with van der Waals surface area (Å²) in [6.45, 7) is 6.74. The lowest BCUT2D eigenvalue weighted by Gasteiger charge is -2.32. The molecule has 1 fully saturated rings. The molecule has 0 spiro atoms. The van der Waals surface area contributed by atoms with Gasteiger partial charge in [0, 0.05) is 49.7 Å². The molecule has 2 aliphatic rings. The van der Waals surface area contributed by atoms with Gasteiger partial charge in [-0.3, -0.25) is 10.2 Å². The average Bonchev–Trinajstić information content (AvgIpc) is 3.56. The number of aromatic nitrogens is 2. The van der Waals surface area contributed by atoms with E-state index in [9.17, 15) is 4.79 Å². The number of hydrazine groups is 1. The van der Waals surface area contributed by atoms with E-state index in [2.05, 4.69) is 66.7 Å². The monoisotopic (exact) mass is 507 g/mol. The van der Waals surface area contributed by atoms with Crippen LogP contribution in [0.4, 0.5) is 5.13 Å². The summed E-state index contributed by atoms with van der Waals surface area (Å²) in [5.41, 5.74) is 5.49. The van der Waals surface area contributed by atoms with E-state index in [0.29, 0.717) is 17.1 Å². The Hall–Kier alpha value is -3.44. The van der Waals surface area contributed by atoms with Crippen LogP contribution in [0.5, 0.6) is 0 Å². The lowest BCUT2D eigenvalue weighted by Crippen LogP contribution is -2.53. The topological polar surface area (TPSA) is 104 Å². The van der Waals surface area contributed by atoms with Gasteiger partial charge in [-0.15, -0.1) is 5.10 Å². The Kier molecular flexibility index (Phi) is 7.47. The summed E-state index contributed by atoms with van der Waals surface area (Å²) in [5, 5.41) is 11.4. The van der Waals surface area contributed by atoms with Crippen LogP contribution in [0.2, 0.25) is 0 Å². The van der Waals surface area contributed by atoms with Gasteiger partial charge in [-0.05, 0) is 25.1 Å². The number of likely N-dealkylation sites (N-methyl/N-ethyl adjacent to an activating group) is 1. The summed E-state index contributed by atoms with van der Waals surface area (Å²) < 4.78 is 0. The summed E-state index contributed by atoms with van der Waals surface area (Å²) in [6, 6.07) is 7.83. The lowest BCUT2D eigenvalue weighted by atomic mass is 10.0. The standard InChI is InChI=1S/C25H33N9OS/c1-3-4-9-34-29-17-28-23(31-34)21(14-18-15-26-20-8-6-5-7-19(18)20)30-24(35)22-16-27-25(36-22)33-12-10-32(2)11-13-33/h5-8,15-17,21,26H,3-4,9-14H2,1-2H3,(H,30,35)(H,28,29,31). The second kappa shape index (κ2) is 11.1. The first-order valence-electron chi connectivity index (χ1n) is 12.5. The zero-order valence-corrected chi connectivity index (χ0v) is 21.6. The molecule has 0 aliphatic carbocycles. The second-order valence-electron chi connectivity index (χ2n) is 9.22. The minimum absolute atomic E-state index is 0.148. The van der Waals surface area contributed by atoms with Crippen LogP contribution in [0.3, 0.4) is 0 Å². The molecule has 1 unspecified atom stereocenters. The number of hydrogen-bond acceptors (Lipinski definition) is 9. The molecule has 2 aromatic heterocycles. The molecule has 36 heavy (non-hydrogen) atoms. The number of carbonyl (C=O) groups excluding carboxylic acids is 1. The molecule has 0 bridgehead atoms. The number of carbonyl (C=O) groups is 1. The number of amides is 1. The predicted molar refractivity (Wildman–Crippen MR) is 146 cm³/mol. The van der Waals surface area contributed by atoms with Crippen LogP contribution >= 0.6 is 11.3 Å². The van der Waals surface area contributed by atoms with Crippen LogP contribution in [0.1, 0.15) is 35.0 Å². The van der Waals surface area contributed by atoms with Crippen LogP contribution in [0.25, 0.3) is 10.9 Å². The van der Waals surface area contributed by atoms with E-state index < -0.39 is 0 Å². The molecule has 1 aromatic carbocycles. The number of rotatable bonds is 9. The highest BCUT2D eigenvalue weighted by Gasteiger charge is 2.26. The molecule has 1 atom stereocenters. The summed E-state index contributed by atoms with van der Waals surface area (Å²) >= 11 is 1.44. The fourth-order valence-electron chi connectivity index (χ4n) is 4.41. The number of benzene rings is 1. The van der Waals surface area contributed by atoms with Crippen LogP contribution in [0, 0.1) is 0 Å². The van der Waals surface area contributed by atoms with Crippen molar-refractivity contribution in [3.05, 3.63) is 47.1 Å². The Morgan fingerprint density at radius 3 is 2.89 bits per heavy atom. The number of unbranched alkanes of at least 4 members (excludes halogenated alkanes) is 1. The number of hydrazone groups is 1. The first-order valence-corrected chi connectivity index (χ1v) is 13.3. The van der Waals surface area contributed by atoms with Gasteiger partial charge >= 0.3 is 0 Å². The minimum atomic E-state index is -0.359. The Morgan fingerprint density at radius 2 is 2.06 bits per heavy atom. The van der Waals surface area contributed by atoms with Crippen LogP contribution < -0.4 is 15.6 Å². The number of thiazole rings is 1. The van der Waals surface area contributed by atoms with Crippen molar-refractivity contribution in [1.82, 2.24) is 30.7 Å². The molecular weight excluding hydrogens is 474 g/mol. The lowest BCUT2D eigenvalue weighted by molar-refractivity contribution is 0.0948. The van der Waals surface area contributed by atoms with E-state index in [4.69, 9.17) is 0 Å². The molecular formula is C25H33N9OS. The normalized spacial score (nSPS) is 17.2. The summed E-state index contributed by atoms with van der Waals surface area (Å²) in [7, 11) is 2.13. The molecule has 0 radical (unpaired) electrons. The van der Waals surface area contributed by atoms with Crippen molar-refractivity contribution in [1.29, 1.82) is 0 Å². The molecule has 190 valence electrons. The maximum atomic E-state index is 13.4. The van der Waals surface area contributed by atoms with E-state index in [1.54, 1.807) is 17.7 Å². The van der Waals surface area contributed by atoms with E-state index in [1.807, 2.05) is 18.3 Å². The molecule has 2 aliphatic heterocycles. The predicted octanol–water partition coefficient (Wildman–Crippen LogP) is 2.68. The minimum Gasteiger partial charge on any atom is -0.361 e. The Bertz CT molecular complexity index is 1240. The van der Waals surface area contributed by atoms with Gasteiger partial charge in [0.25, 0.3) is 5.91 Å². The molecule has 3 N–H and O–H groups in total. The SMILES string of the molecule is CCCCN1N=CN=C(C(Cc2c[nH]c3ccccc23)NC(=O)c2cnc(N3CCN(C)CC3)s2)N1. The number of nitrogens with zero attached hydrogens (tertiary/aromatic N) is 6. The number of amidine groups is 1. The number of anilines is 1. The smallest absolute Gasteiger partial charge is 0.263 e. The van der Waals surface area contributed by atoms with E-state index >= 15 is 0 Å². The van der Waals surface area contributed by atoms with Gasteiger partial charge in [-0.25, -0.2) is 15.1 Å². The van der Waals surface area contributed by atoms with Gasteiger partial charge in [0.15, 0.2) is 5.13 Å². The maximum Gasteiger partial charge on any atom is 0.263 e. The third-order valence-corrected chi connectivity index (χ3v) is 7.64. The zero-order chi connectivity index (χ0) is 24.9. The van der Waals surface area contributed by atoms with Crippen molar-refractivity contribution in [2.75, 3.05) is 44.7 Å². The Morgan fingerprint density at radius 1 is 1.22 bits per heavy atom. The molecule has 1 amide bonds. The number of para-hydroxylation sites is 1. The van der Waals surface area contributed by atoms with Crippen LogP contribution in [-0.2, 0) is 6.42 Å². The quantitative estimate of drug-likeness (QED) is 0.411. The number of aliphatic imine (C=N–C) groups is 1. The third-order valence-electron chi connectivity index (χ3n) is 6.58. The van der Waals surface area contributed by atoms with Crippen molar-refractivity contribution in [2.45, 2.75) is 32.2 Å². The van der Waals surface area contributed by atoms with Gasteiger partial charge in [0.1, 0.15) is 17.1 Å². The molecule has 0 saturated carbocycles. The number of piperazine rings is 1. The van der Waals surface area contributed by atoms with Gasteiger partial charge < -0.3 is 20.1 Å². The molecule has 4 heterocycles. The molecule has 11 heteroatoms. The number of hydrogen-bond donors (Lipinski definition) is 3. The highest BCUT2D eigenvalue weighted by Crippen LogP contribution is 2.24. The van der Waals surface area contributed by atoms with Gasteiger partial charge in [-0.1, -0.05) is 42.9 Å². The third kappa shape index (κ3) is 5.52. The maximum absolute atomic E-state index is 13.4. The fraction of sp³-hybridized carbons (Fsp3) is 0.440. The van der Waals surface area contributed by atoms with E-state index in [1.165, 1.54) is 11.3 Å². The largest absolute Gasteiger partial charge is 0.361 e. The number of H-pyrrole nitrogens is 1. The first-order chi connectivity index (χ1) is 17.6. The highest BCUT2D eigenvalue weighted by molar-refractivity contribution is 7.17. The van der Waals surface area contributed by atoms with Gasteiger partial charge in [-0.2, -0.15) is 0 Å². The Balaban J connectivity index is 1.34. The average molecular weight is 508 g/mol. The zero-order valence-electron chi connectivity index (χ0n) is 20.8. The van der Waals surface area contributed by atoms with Crippen molar-refractivity contribution >= 4 is 45.5 Å².